The minimum atomic E-state index is -4.02. The maximum Gasteiger partial charge on any atom is 0.281 e. The number of hydrogen-bond donors (Lipinski definition) is 0. The average molecular weight is 604 g/mol. The molecule has 0 atom stereocenters. The van der Waals surface area contributed by atoms with Gasteiger partial charge in [0.1, 0.15) is 4.75 Å². The standard InChI is InChI=1S/C38H44O3S.Na/c1-3-5-6-21-32-41-42(39,40)38(35-26-15-9-16-27-35,36-28-17-10-18-29-36)31-20-19-30-37(4-2,33-22-11-7-12-23-33)34-24-13-8-14-25-34;/h4,7-18,22-29H,2-3,5-6,19-21,30-32H2,1H3;. The molecule has 0 heterocycles. The van der Waals surface area contributed by atoms with Crippen LogP contribution >= 0.6 is 0 Å². The van der Waals surface area contributed by atoms with Gasteiger partial charge in [0.2, 0.25) is 0 Å². The Labute approximate surface area is 281 Å². The number of allylic oxidation sites excluding steroid dienone is 1. The zero-order valence-corrected chi connectivity index (χ0v) is 28.6. The molecule has 0 aliphatic carbocycles. The molecule has 0 bridgehead atoms. The second kappa shape index (κ2) is 17.1. The van der Waals surface area contributed by atoms with Gasteiger partial charge in [-0.25, -0.2) is 0 Å². The van der Waals surface area contributed by atoms with Crippen LogP contribution < -0.4 is 0 Å². The number of unbranched alkanes of at least 4 members (excludes halogenated alkanes) is 4. The van der Waals surface area contributed by atoms with E-state index >= 15 is 0 Å². The molecule has 1 radical (unpaired) electrons. The molecule has 221 valence electrons. The van der Waals surface area contributed by atoms with Crippen molar-refractivity contribution in [3.8, 4) is 0 Å². The van der Waals surface area contributed by atoms with Gasteiger partial charge in [0.15, 0.2) is 0 Å². The second-order valence-electron chi connectivity index (χ2n) is 11.0. The summed E-state index contributed by atoms with van der Waals surface area (Å²) in [5.74, 6) is 0. The van der Waals surface area contributed by atoms with Crippen LogP contribution in [0.1, 0.15) is 80.5 Å². The van der Waals surface area contributed by atoms with Gasteiger partial charge in [-0.05, 0) is 41.5 Å². The Hall–Kier alpha value is -2.47. The van der Waals surface area contributed by atoms with Crippen molar-refractivity contribution in [1.82, 2.24) is 0 Å². The van der Waals surface area contributed by atoms with Gasteiger partial charge in [-0.15, -0.1) is 6.58 Å². The van der Waals surface area contributed by atoms with Gasteiger partial charge < -0.3 is 0 Å². The van der Waals surface area contributed by atoms with Gasteiger partial charge in [-0.1, -0.05) is 166 Å². The molecule has 43 heavy (non-hydrogen) atoms. The van der Waals surface area contributed by atoms with Crippen molar-refractivity contribution in [2.45, 2.75) is 68.5 Å². The molecular weight excluding hydrogens is 559 g/mol. The maximum atomic E-state index is 14.3. The molecule has 5 heteroatoms. The van der Waals surface area contributed by atoms with Crippen LogP contribution in [-0.2, 0) is 24.5 Å². The number of hydrogen-bond acceptors (Lipinski definition) is 3. The molecule has 0 aromatic heterocycles. The third kappa shape index (κ3) is 8.17. The molecule has 0 spiro atoms. The van der Waals surface area contributed by atoms with E-state index in [9.17, 15) is 8.42 Å². The summed E-state index contributed by atoms with van der Waals surface area (Å²) in [7, 11) is -4.02. The fraction of sp³-hybridized carbons (Fsp3) is 0.316. The summed E-state index contributed by atoms with van der Waals surface area (Å²) >= 11 is 0. The van der Waals surface area contributed by atoms with Crippen molar-refractivity contribution < 1.29 is 12.6 Å². The third-order valence-corrected chi connectivity index (χ3v) is 10.4. The molecule has 4 rings (SSSR count). The Morgan fingerprint density at radius 1 is 0.605 bits per heavy atom. The van der Waals surface area contributed by atoms with Crippen LogP contribution in [0.15, 0.2) is 134 Å². The molecule has 0 fully saturated rings. The van der Waals surface area contributed by atoms with Gasteiger partial charge in [0.25, 0.3) is 10.1 Å². The van der Waals surface area contributed by atoms with Gasteiger partial charge in [0, 0.05) is 35.0 Å². The van der Waals surface area contributed by atoms with Crippen LogP contribution in [0.2, 0.25) is 0 Å². The zero-order valence-electron chi connectivity index (χ0n) is 25.8. The van der Waals surface area contributed by atoms with Crippen LogP contribution in [0, 0.1) is 0 Å². The summed E-state index contributed by atoms with van der Waals surface area (Å²) in [6.07, 6.45) is 8.61. The largest absolute Gasteiger partial charge is 0.281 e. The van der Waals surface area contributed by atoms with Crippen molar-refractivity contribution in [2.75, 3.05) is 6.61 Å². The monoisotopic (exact) mass is 603 g/mol. The van der Waals surface area contributed by atoms with Gasteiger partial charge in [-0.3, -0.25) is 4.18 Å². The summed E-state index contributed by atoms with van der Waals surface area (Å²) in [5.41, 5.74) is 3.48. The first-order valence-electron chi connectivity index (χ1n) is 15.2. The van der Waals surface area contributed by atoms with Crippen molar-refractivity contribution in [1.29, 1.82) is 0 Å². The third-order valence-electron chi connectivity index (χ3n) is 8.42. The fourth-order valence-electron chi connectivity index (χ4n) is 6.12. The van der Waals surface area contributed by atoms with Gasteiger partial charge >= 0.3 is 0 Å². The van der Waals surface area contributed by atoms with E-state index in [-0.39, 0.29) is 41.6 Å². The fourth-order valence-corrected chi connectivity index (χ4v) is 7.91. The van der Waals surface area contributed by atoms with Gasteiger partial charge in [0.05, 0.1) is 6.61 Å². The maximum absolute atomic E-state index is 14.3. The van der Waals surface area contributed by atoms with E-state index in [2.05, 4.69) is 68.1 Å². The predicted octanol–water partition coefficient (Wildman–Crippen LogP) is 9.21. The smallest absolute Gasteiger partial charge is 0.269 e. The topological polar surface area (TPSA) is 43.4 Å². The molecule has 0 aliphatic heterocycles. The van der Waals surface area contributed by atoms with E-state index < -0.39 is 14.9 Å². The second-order valence-corrected chi connectivity index (χ2v) is 12.9. The molecule has 0 amide bonds. The quantitative estimate of drug-likeness (QED) is 0.0523. The zero-order chi connectivity index (χ0) is 29.7. The van der Waals surface area contributed by atoms with Crippen LogP contribution in [0.4, 0.5) is 0 Å². The minimum Gasteiger partial charge on any atom is -0.269 e. The van der Waals surface area contributed by atoms with E-state index in [1.54, 1.807) is 0 Å². The van der Waals surface area contributed by atoms with Crippen LogP contribution in [0.5, 0.6) is 0 Å². The minimum absolute atomic E-state index is 0. The predicted molar refractivity (Wildman–Crippen MR) is 181 cm³/mol. The number of benzene rings is 4. The Morgan fingerprint density at radius 3 is 1.44 bits per heavy atom. The van der Waals surface area contributed by atoms with Crippen molar-refractivity contribution in [2.24, 2.45) is 0 Å². The normalized spacial score (nSPS) is 11.9. The molecule has 0 saturated carbocycles. The molecule has 4 aromatic carbocycles. The number of rotatable bonds is 17. The van der Waals surface area contributed by atoms with E-state index in [4.69, 9.17) is 4.18 Å². The SMILES string of the molecule is C=CC(CCCCC(c1ccccc1)(c1ccccc1)S(=O)(=O)OCCCCCC)(c1ccccc1)c1ccccc1.[Na]. The van der Waals surface area contributed by atoms with Crippen molar-refractivity contribution >= 4 is 39.7 Å². The van der Waals surface area contributed by atoms with E-state index in [0.717, 1.165) is 49.7 Å². The Morgan fingerprint density at radius 2 is 1.02 bits per heavy atom. The van der Waals surface area contributed by atoms with Crippen LogP contribution in [0.3, 0.4) is 0 Å². The molecule has 0 N–H and O–H groups in total. The summed E-state index contributed by atoms with van der Waals surface area (Å²) < 4.78 is 33.2. The van der Waals surface area contributed by atoms with E-state index in [1.165, 1.54) is 11.1 Å². The van der Waals surface area contributed by atoms with E-state index in [1.807, 2.05) is 72.8 Å². The van der Waals surface area contributed by atoms with Gasteiger partial charge in [-0.2, -0.15) is 8.42 Å². The summed E-state index contributed by atoms with van der Waals surface area (Å²) in [6.45, 7) is 6.63. The summed E-state index contributed by atoms with van der Waals surface area (Å²) in [5, 5.41) is 0. The Kier molecular flexibility index (Phi) is 13.9. The summed E-state index contributed by atoms with van der Waals surface area (Å²) in [4.78, 5) is 0. The molecule has 3 nitrogen and oxygen atoms in total. The summed E-state index contributed by atoms with van der Waals surface area (Å²) in [6, 6.07) is 40.2. The van der Waals surface area contributed by atoms with Crippen LogP contribution in [-0.4, -0.2) is 44.6 Å². The first-order chi connectivity index (χ1) is 20.5. The molecular formula is C38H44NaO3S. The van der Waals surface area contributed by atoms with Crippen LogP contribution in [0.25, 0.3) is 0 Å². The molecule has 0 unspecified atom stereocenters. The van der Waals surface area contributed by atoms with Crippen molar-refractivity contribution in [3.05, 3.63) is 156 Å². The Bertz CT molecular complexity index is 1380. The molecule has 0 saturated heterocycles. The molecule has 0 aliphatic rings. The Balaban J connectivity index is 0.00000506. The first kappa shape index (κ1) is 35.0. The van der Waals surface area contributed by atoms with E-state index in [0.29, 0.717) is 12.8 Å². The van der Waals surface area contributed by atoms with Crippen molar-refractivity contribution in [3.63, 3.8) is 0 Å². The first-order valence-corrected chi connectivity index (χ1v) is 16.7. The average Bonchev–Trinajstić information content (AvgIpc) is 3.04. The molecule has 4 aromatic rings.